The summed E-state index contributed by atoms with van der Waals surface area (Å²) in [5, 5.41) is 3.01. The maximum absolute atomic E-state index is 12.5. The first-order valence-corrected chi connectivity index (χ1v) is 10.0. The molecule has 0 atom stereocenters. The van der Waals surface area contributed by atoms with Crippen LogP contribution in [-0.4, -0.2) is 45.6 Å². The summed E-state index contributed by atoms with van der Waals surface area (Å²) in [6.45, 7) is 2.14. The number of alkyl halides is 3. The van der Waals surface area contributed by atoms with Gasteiger partial charge in [-0.2, -0.15) is 13.2 Å². The third-order valence-corrected chi connectivity index (χ3v) is 5.03. The summed E-state index contributed by atoms with van der Waals surface area (Å²) in [5.74, 6) is 1.47. The second-order valence-electron chi connectivity index (χ2n) is 6.33. The number of aryl methyl sites for hydroxylation is 1. The number of hydrogen-bond acceptors (Lipinski definition) is 6. The Morgan fingerprint density at radius 3 is 2.29 bits per heavy atom. The van der Waals surface area contributed by atoms with Crippen molar-refractivity contribution < 1.29 is 21.6 Å². The minimum atomic E-state index is -4.45. The number of aromatic nitrogens is 2. The molecule has 0 spiro atoms. The summed E-state index contributed by atoms with van der Waals surface area (Å²) in [7, 11) is 0.0169. The van der Waals surface area contributed by atoms with Gasteiger partial charge >= 0.3 is 6.18 Å². The van der Waals surface area contributed by atoms with Crippen LogP contribution in [0.5, 0.6) is 0 Å². The van der Waals surface area contributed by atoms with Crippen LogP contribution in [0.25, 0.3) is 0 Å². The molecule has 0 aliphatic carbocycles. The molecule has 0 bridgehead atoms. The summed E-state index contributed by atoms with van der Waals surface area (Å²) in [5.41, 5.74) is -0.543. The van der Waals surface area contributed by atoms with Gasteiger partial charge < -0.3 is 10.2 Å². The first kappa shape index (κ1) is 21.9. The first-order chi connectivity index (χ1) is 13.0. The Morgan fingerprint density at radius 2 is 1.71 bits per heavy atom. The molecule has 2 aromatic rings. The van der Waals surface area contributed by atoms with Crippen molar-refractivity contribution in [1.82, 2.24) is 14.7 Å². The van der Waals surface area contributed by atoms with Crippen molar-refractivity contribution in [3.63, 3.8) is 0 Å². The van der Waals surface area contributed by atoms with E-state index in [0.717, 1.165) is 30.1 Å². The molecule has 7 nitrogen and oxygen atoms in total. The van der Waals surface area contributed by atoms with Gasteiger partial charge in [0.05, 0.1) is 11.3 Å². The van der Waals surface area contributed by atoms with E-state index in [9.17, 15) is 21.6 Å². The first-order valence-electron chi connectivity index (χ1n) is 8.36. The normalized spacial score (nSPS) is 12.1. The maximum Gasteiger partial charge on any atom is 0.416 e. The van der Waals surface area contributed by atoms with Gasteiger partial charge in [0.1, 0.15) is 17.5 Å². The molecule has 2 N–H and O–H groups in total. The number of nitrogens with one attached hydrogen (secondary N) is 2. The Bertz CT molecular complexity index is 900. The second kappa shape index (κ2) is 8.74. The van der Waals surface area contributed by atoms with Gasteiger partial charge in [0.15, 0.2) is 0 Å². The SMILES string of the molecule is Cc1nc(NCCNS(=O)(=O)Cc2ccc(C(F)(F)F)cc2)cc(N(C)C)n1. The molecule has 1 aromatic carbocycles. The highest BCUT2D eigenvalue weighted by Gasteiger charge is 2.30. The fourth-order valence-electron chi connectivity index (χ4n) is 2.33. The van der Waals surface area contributed by atoms with E-state index in [2.05, 4.69) is 20.0 Å². The number of sulfonamides is 1. The third kappa shape index (κ3) is 6.64. The molecular formula is C17H22F3N5O2S. The second-order valence-corrected chi connectivity index (χ2v) is 8.13. The Kier molecular flexibility index (Phi) is 6.83. The van der Waals surface area contributed by atoms with Crippen LogP contribution in [-0.2, 0) is 22.0 Å². The lowest BCUT2D eigenvalue weighted by atomic mass is 10.1. The molecule has 0 saturated heterocycles. The van der Waals surface area contributed by atoms with Gasteiger partial charge in [-0.15, -0.1) is 0 Å². The Balaban J connectivity index is 1.87. The summed E-state index contributed by atoms with van der Waals surface area (Å²) in [6.07, 6.45) is -4.45. The van der Waals surface area contributed by atoms with Crippen LogP contribution in [0.3, 0.4) is 0 Å². The highest BCUT2D eigenvalue weighted by atomic mass is 32.2. The minimum absolute atomic E-state index is 0.101. The van der Waals surface area contributed by atoms with E-state index < -0.39 is 27.5 Å². The van der Waals surface area contributed by atoms with E-state index in [4.69, 9.17) is 0 Å². The van der Waals surface area contributed by atoms with Crippen molar-refractivity contribution in [2.45, 2.75) is 18.9 Å². The van der Waals surface area contributed by atoms with E-state index >= 15 is 0 Å². The molecule has 0 saturated carbocycles. The summed E-state index contributed by atoms with van der Waals surface area (Å²) < 4.78 is 64.2. The van der Waals surface area contributed by atoms with E-state index in [1.807, 2.05) is 19.0 Å². The molecule has 11 heteroatoms. The van der Waals surface area contributed by atoms with Gasteiger partial charge in [0.2, 0.25) is 10.0 Å². The number of halogens is 3. The fraction of sp³-hybridized carbons (Fsp3) is 0.412. The molecule has 0 aliphatic rings. The summed E-state index contributed by atoms with van der Waals surface area (Å²) in [6, 6.07) is 5.79. The predicted octanol–water partition coefficient (Wildman–Crippen LogP) is 2.40. The van der Waals surface area contributed by atoms with Crippen LogP contribution in [0.1, 0.15) is 17.0 Å². The smallest absolute Gasteiger partial charge is 0.369 e. The van der Waals surface area contributed by atoms with Gasteiger partial charge in [-0.05, 0) is 24.6 Å². The summed E-state index contributed by atoms with van der Waals surface area (Å²) >= 11 is 0. The number of rotatable bonds is 8. The molecule has 0 unspecified atom stereocenters. The number of anilines is 2. The monoisotopic (exact) mass is 417 g/mol. The van der Waals surface area contributed by atoms with Crippen LogP contribution in [0.15, 0.2) is 30.3 Å². The van der Waals surface area contributed by atoms with Crippen molar-refractivity contribution in [3.05, 3.63) is 47.3 Å². The molecule has 154 valence electrons. The molecule has 0 radical (unpaired) electrons. The van der Waals surface area contributed by atoms with Crippen LogP contribution in [0.4, 0.5) is 24.8 Å². The highest BCUT2D eigenvalue weighted by molar-refractivity contribution is 7.88. The van der Waals surface area contributed by atoms with E-state index in [0.29, 0.717) is 11.6 Å². The topological polar surface area (TPSA) is 87.2 Å². The maximum atomic E-state index is 12.5. The lowest BCUT2D eigenvalue weighted by Crippen LogP contribution is -2.30. The Hall–Kier alpha value is -2.40. The van der Waals surface area contributed by atoms with Gasteiger partial charge in [-0.3, -0.25) is 0 Å². The van der Waals surface area contributed by atoms with Crippen LogP contribution >= 0.6 is 0 Å². The van der Waals surface area contributed by atoms with Gasteiger partial charge in [0, 0.05) is 33.3 Å². The van der Waals surface area contributed by atoms with Crippen molar-refractivity contribution in [1.29, 1.82) is 0 Å². The Morgan fingerprint density at radius 1 is 1.07 bits per heavy atom. The number of nitrogens with zero attached hydrogens (tertiary/aromatic N) is 3. The quantitative estimate of drug-likeness (QED) is 0.642. The number of benzene rings is 1. The van der Waals surface area contributed by atoms with Crippen LogP contribution in [0.2, 0.25) is 0 Å². The van der Waals surface area contributed by atoms with Crippen LogP contribution < -0.4 is 14.9 Å². The zero-order valence-electron chi connectivity index (χ0n) is 15.7. The molecule has 0 aliphatic heterocycles. The fourth-order valence-corrected chi connectivity index (χ4v) is 3.48. The van der Waals surface area contributed by atoms with E-state index in [1.54, 1.807) is 13.0 Å². The molecule has 1 aromatic heterocycles. The zero-order valence-corrected chi connectivity index (χ0v) is 16.5. The van der Waals surface area contributed by atoms with Crippen LogP contribution in [0, 0.1) is 6.92 Å². The molecule has 28 heavy (non-hydrogen) atoms. The van der Waals surface area contributed by atoms with Crippen molar-refractivity contribution in [2.24, 2.45) is 0 Å². The zero-order chi connectivity index (χ0) is 20.9. The molecule has 1 heterocycles. The van der Waals surface area contributed by atoms with Gasteiger partial charge in [0.25, 0.3) is 0 Å². The standard InChI is InChI=1S/C17H22F3N5O2S/c1-12-23-15(10-16(24-12)25(2)3)21-8-9-22-28(26,27)11-13-4-6-14(7-5-13)17(18,19)20/h4-7,10,22H,8-9,11H2,1-3H3,(H,21,23,24). The predicted molar refractivity (Wildman–Crippen MR) is 102 cm³/mol. The summed E-state index contributed by atoms with van der Waals surface area (Å²) in [4.78, 5) is 10.3. The Labute approximate surface area is 162 Å². The molecule has 2 rings (SSSR count). The minimum Gasteiger partial charge on any atom is -0.369 e. The van der Waals surface area contributed by atoms with Gasteiger partial charge in [-0.25, -0.2) is 23.1 Å². The lowest BCUT2D eigenvalue weighted by Gasteiger charge is -2.14. The van der Waals surface area contributed by atoms with Crippen molar-refractivity contribution in [2.75, 3.05) is 37.4 Å². The van der Waals surface area contributed by atoms with Crippen molar-refractivity contribution >= 4 is 21.7 Å². The largest absolute Gasteiger partial charge is 0.416 e. The highest BCUT2D eigenvalue weighted by Crippen LogP contribution is 2.29. The number of hydrogen-bond donors (Lipinski definition) is 2. The van der Waals surface area contributed by atoms with Gasteiger partial charge in [-0.1, -0.05) is 12.1 Å². The van der Waals surface area contributed by atoms with E-state index in [-0.39, 0.29) is 18.7 Å². The molecule has 0 amide bonds. The van der Waals surface area contributed by atoms with E-state index in [1.165, 1.54) is 0 Å². The average Bonchev–Trinajstić information content (AvgIpc) is 2.57. The lowest BCUT2D eigenvalue weighted by molar-refractivity contribution is -0.137. The van der Waals surface area contributed by atoms with Crippen molar-refractivity contribution in [3.8, 4) is 0 Å². The molecular weight excluding hydrogens is 395 g/mol. The third-order valence-electron chi connectivity index (χ3n) is 3.67. The average molecular weight is 417 g/mol. The molecule has 0 fully saturated rings.